The first-order valence-corrected chi connectivity index (χ1v) is 8.47. The molecule has 2 nitrogen and oxygen atoms in total. The van der Waals surface area contributed by atoms with Gasteiger partial charge in [0.05, 0.1) is 10.7 Å². The van der Waals surface area contributed by atoms with Gasteiger partial charge in [0.1, 0.15) is 0 Å². The first-order chi connectivity index (χ1) is 9.36. The quantitative estimate of drug-likeness (QED) is 0.832. The van der Waals surface area contributed by atoms with Gasteiger partial charge in [0.2, 0.25) is 0 Å². The van der Waals surface area contributed by atoms with Crippen LogP contribution in [0.4, 0.5) is 0 Å². The molecule has 20 heavy (non-hydrogen) atoms. The summed E-state index contributed by atoms with van der Waals surface area (Å²) in [5.41, 5.74) is 2.56. The Bertz CT molecular complexity index is 555. The third-order valence-corrected chi connectivity index (χ3v) is 5.00. The Morgan fingerprint density at radius 1 is 1.25 bits per heavy atom. The normalized spacial score (nSPS) is 13.4. The molecule has 0 unspecified atom stereocenters. The number of aromatic nitrogens is 1. The lowest BCUT2D eigenvalue weighted by molar-refractivity contribution is 0.556. The molecular weight excluding hydrogens is 332 g/mol. The molecule has 0 radical (unpaired) electrons. The zero-order valence-corrected chi connectivity index (χ0v) is 14.8. The largest absolute Gasteiger partial charge is 0.305 e. The van der Waals surface area contributed by atoms with Gasteiger partial charge in [-0.3, -0.25) is 0 Å². The van der Waals surface area contributed by atoms with Crippen molar-refractivity contribution in [2.75, 3.05) is 0 Å². The molecule has 0 bridgehead atoms. The number of nitrogens with zero attached hydrogens (tertiary/aromatic N) is 1. The minimum absolute atomic E-state index is 0.139. The summed E-state index contributed by atoms with van der Waals surface area (Å²) >= 11 is 5.21. The lowest BCUT2D eigenvalue weighted by atomic mass is 9.98. The summed E-state index contributed by atoms with van der Waals surface area (Å²) in [6, 6.07) is 8.76. The van der Waals surface area contributed by atoms with Crippen LogP contribution in [0.3, 0.4) is 0 Å². The van der Waals surface area contributed by atoms with Gasteiger partial charge in [-0.1, -0.05) is 48.8 Å². The van der Waals surface area contributed by atoms with Gasteiger partial charge in [-0.05, 0) is 24.6 Å². The van der Waals surface area contributed by atoms with E-state index in [9.17, 15) is 0 Å². The van der Waals surface area contributed by atoms with Crippen LogP contribution in [-0.4, -0.2) is 4.98 Å². The van der Waals surface area contributed by atoms with Crippen LogP contribution in [0.25, 0.3) is 0 Å². The second-order valence-electron chi connectivity index (χ2n) is 6.05. The Morgan fingerprint density at radius 3 is 2.45 bits per heavy atom. The maximum atomic E-state index is 4.71. The van der Waals surface area contributed by atoms with Crippen LogP contribution in [0.2, 0.25) is 0 Å². The Kier molecular flexibility index (Phi) is 4.99. The summed E-state index contributed by atoms with van der Waals surface area (Å²) in [6.07, 6.45) is 0. The van der Waals surface area contributed by atoms with Crippen molar-refractivity contribution >= 4 is 27.3 Å². The van der Waals surface area contributed by atoms with Crippen LogP contribution >= 0.6 is 27.3 Å². The molecule has 0 aliphatic heterocycles. The van der Waals surface area contributed by atoms with Crippen molar-refractivity contribution < 1.29 is 0 Å². The van der Waals surface area contributed by atoms with E-state index in [1.54, 1.807) is 11.3 Å². The Balaban J connectivity index is 1.95. The molecule has 4 heteroatoms. The van der Waals surface area contributed by atoms with Crippen LogP contribution < -0.4 is 5.32 Å². The molecule has 1 N–H and O–H groups in total. The fourth-order valence-electron chi connectivity index (χ4n) is 1.86. The van der Waals surface area contributed by atoms with Crippen molar-refractivity contribution in [3.63, 3.8) is 0 Å². The number of thiazole rings is 1. The maximum absolute atomic E-state index is 4.71. The summed E-state index contributed by atoms with van der Waals surface area (Å²) in [7, 11) is 0. The van der Waals surface area contributed by atoms with E-state index in [2.05, 4.69) is 78.6 Å². The number of hydrogen-bond acceptors (Lipinski definition) is 3. The monoisotopic (exact) mass is 352 g/mol. The van der Waals surface area contributed by atoms with Gasteiger partial charge in [-0.25, -0.2) is 4.98 Å². The zero-order valence-electron chi connectivity index (χ0n) is 12.4. The molecule has 2 rings (SSSR count). The summed E-state index contributed by atoms with van der Waals surface area (Å²) in [5.74, 6) is 0. The molecule has 1 aromatic carbocycles. The van der Waals surface area contributed by atoms with Gasteiger partial charge in [-0.15, -0.1) is 11.3 Å². The van der Waals surface area contributed by atoms with Crippen LogP contribution in [-0.2, 0) is 12.0 Å². The average Bonchev–Trinajstić information content (AvgIpc) is 2.85. The van der Waals surface area contributed by atoms with E-state index in [1.165, 1.54) is 10.6 Å². The standard InChI is InChI=1S/C16H21BrN2S/c1-11(12-5-7-13(17)8-6-12)18-9-14-10-20-15(19-14)16(2,3)4/h5-8,10-11,18H,9H2,1-4H3/t11-/m0/s1. The predicted octanol–water partition coefficient (Wildman–Crippen LogP) is 5.05. The minimum atomic E-state index is 0.139. The highest BCUT2D eigenvalue weighted by Crippen LogP contribution is 2.25. The Labute approximate surface area is 133 Å². The molecule has 108 valence electrons. The molecule has 0 aliphatic rings. The van der Waals surface area contributed by atoms with Crippen LogP contribution in [0.15, 0.2) is 34.1 Å². The first kappa shape index (κ1) is 15.7. The minimum Gasteiger partial charge on any atom is -0.305 e. The molecule has 0 saturated carbocycles. The van der Waals surface area contributed by atoms with Gasteiger partial charge < -0.3 is 5.32 Å². The molecule has 1 atom stereocenters. The first-order valence-electron chi connectivity index (χ1n) is 6.80. The third-order valence-electron chi connectivity index (χ3n) is 3.15. The van der Waals surface area contributed by atoms with E-state index in [0.29, 0.717) is 6.04 Å². The number of benzene rings is 1. The van der Waals surface area contributed by atoms with Gasteiger partial charge >= 0.3 is 0 Å². The van der Waals surface area contributed by atoms with E-state index < -0.39 is 0 Å². The van der Waals surface area contributed by atoms with Crippen molar-refractivity contribution in [1.82, 2.24) is 10.3 Å². The lowest BCUT2D eigenvalue weighted by Gasteiger charge is -2.15. The highest BCUT2D eigenvalue weighted by Gasteiger charge is 2.18. The molecule has 0 spiro atoms. The number of halogens is 1. The van der Waals surface area contributed by atoms with Crippen molar-refractivity contribution in [3.8, 4) is 0 Å². The fourth-order valence-corrected chi connectivity index (χ4v) is 3.03. The van der Waals surface area contributed by atoms with Gasteiger partial charge in [0.25, 0.3) is 0 Å². The summed E-state index contributed by atoms with van der Waals surface area (Å²) in [4.78, 5) is 4.71. The van der Waals surface area contributed by atoms with Crippen LogP contribution in [0, 0.1) is 0 Å². The van der Waals surface area contributed by atoms with Crippen molar-refractivity contribution in [1.29, 1.82) is 0 Å². The number of hydrogen-bond donors (Lipinski definition) is 1. The van der Waals surface area contributed by atoms with Crippen molar-refractivity contribution in [3.05, 3.63) is 50.4 Å². The van der Waals surface area contributed by atoms with Crippen LogP contribution in [0.1, 0.15) is 50.0 Å². The van der Waals surface area contributed by atoms with E-state index in [4.69, 9.17) is 4.98 Å². The van der Waals surface area contributed by atoms with Gasteiger partial charge in [-0.2, -0.15) is 0 Å². The summed E-state index contributed by atoms with van der Waals surface area (Å²) < 4.78 is 1.11. The van der Waals surface area contributed by atoms with Gasteiger partial charge in [0, 0.05) is 27.9 Å². The second kappa shape index (κ2) is 6.37. The van der Waals surface area contributed by atoms with E-state index in [-0.39, 0.29) is 5.41 Å². The lowest BCUT2D eigenvalue weighted by Crippen LogP contribution is -2.18. The highest BCUT2D eigenvalue weighted by molar-refractivity contribution is 9.10. The number of nitrogens with one attached hydrogen (secondary N) is 1. The van der Waals surface area contributed by atoms with Crippen LogP contribution in [0.5, 0.6) is 0 Å². The van der Waals surface area contributed by atoms with Crippen molar-refractivity contribution in [2.45, 2.75) is 45.7 Å². The van der Waals surface area contributed by atoms with E-state index in [1.807, 2.05) is 0 Å². The SMILES string of the molecule is C[C@H](NCc1csc(C(C)(C)C)n1)c1ccc(Br)cc1. The maximum Gasteiger partial charge on any atom is 0.0982 e. The number of rotatable bonds is 4. The smallest absolute Gasteiger partial charge is 0.0982 e. The summed E-state index contributed by atoms with van der Waals surface area (Å²) in [6.45, 7) is 9.60. The topological polar surface area (TPSA) is 24.9 Å². The molecule has 0 saturated heterocycles. The zero-order chi connectivity index (χ0) is 14.8. The molecule has 0 fully saturated rings. The Hall–Kier alpha value is -0.710. The molecule has 0 aliphatic carbocycles. The molecule has 0 amide bonds. The van der Waals surface area contributed by atoms with E-state index >= 15 is 0 Å². The molecule has 2 aromatic rings. The highest BCUT2D eigenvalue weighted by atomic mass is 79.9. The molecule has 1 aromatic heterocycles. The van der Waals surface area contributed by atoms with E-state index in [0.717, 1.165) is 16.7 Å². The van der Waals surface area contributed by atoms with Crippen molar-refractivity contribution in [2.24, 2.45) is 0 Å². The predicted molar refractivity (Wildman–Crippen MR) is 90.2 cm³/mol. The second-order valence-corrected chi connectivity index (χ2v) is 7.82. The third kappa shape index (κ3) is 4.14. The molecular formula is C16H21BrN2S. The average molecular weight is 353 g/mol. The molecule has 1 heterocycles. The van der Waals surface area contributed by atoms with Gasteiger partial charge in [0.15, 0.2) is 0 Å². The summed E-state index contributed by atoms with van der Waals surface area (Å²) in [5, 5.41) is 6.88. The Morgan fingerprint density at radius 2 is 1.90 bits per heavy atom. The fraction of sp³-hybridized carbons (Fsp3) is 0.438.